The highest BCUT2D eigenvalue weighted by molar-refractivity contribution is 7.99. The Morgan fingerprint density at radius 1 is 1.04 bits per heavy atom. The summed E-state index contributed by atoms with van der Waals surface area (Å²) in [6.45, 7) is 0. The molecule has 150 valence electrons. The molecule has 0 saturated heterocycles. The quantitative estimate of drug-likeness (QED) is 0.301. The average Bonchev–Trinajstić information content (AvgIpc) is 2.71. The molecule has 1 aromatic heterocycles. The van der Waals surface area contributed by atoms with Gasteiger partial charge in [-0.15, -0.1) is 11.8 Å². The lowest BCUT2D eigenvalue weighted by atomic mass is 10.2. The Morgan fingerprint density at radius 2 is 1.71 bits per heavy atom. The number of benzene rings is 2. The van der Waals surface area contributed by atoms with Crippen LogP contribution in [0.2, 0.25) is 0 Å². The van der Waals surface area contributed by atoms with Gasteiger partial charge in [-0.05, 0) is 30.4 Å². The van der Waals surface area contributed by atoms with Gasteiger partial charge in [0, 0.05) is 22.5 Å². The lowest BCUT2D eigenvalue weighted by Crippen LogP contribution is -1.96. The zero-order chi connectivity index (χ0) is 20.4. The topological polar surface area (TPSA) is 111 Å². The van der Waals surface area contributed by atoms with E-state index >= 15 is 0 Å². The van der Waals surface area contributed by atoms with Crippen molar-refractivity contribution in [3.63, 3.8) is 0 Å². The van der Waals surface area contributed by atoms with Crippen LogP contribution >= 0.6 is 20.1 Å². The fraction of sp³-hybridized carbons (Fsp3) is 0.263. The first-order valence-electron chi connectivity index (χ1n) is 8.50. The molecule has 0 radical (unpaired) electrons. The summed E-state index contributed by atoms with van der Waals surface area (Å²) < 4.78 is 10.3. The van der Waals surface area contributed by atoms with Crippen LogP contribution in [-0.2, 0) is 0 Å². The van der Waals surface area contributed by atoms with Gasteiger partial charge in [0.2, 0.25) is 0 Å². The number of aromatic nitrogens is 2. The molecule has 7 nitrogen and oxygen atoms in total. The van der Waals surface area contributed by atoms with E-state index in [0.29, 0.717) is 23.5 Å². The van der Waals surface area contributed by atoms with E-state index in [-0.39, 0.29) is 0 Å². The molecule has 1 heterocycles. The van der Waals surface area contributed by atoms with Crippen molar-refractivity contribution < 1.29 is 19.3 Å². The summed E-state index contributed by atoms with van der Waals surface area (Å²) >= 11 is 1.75. The van der Waals surface area contributed by atoms with Crippen LogP contribution in [-0.4, -0.2) is 45.9 Å². The Kier molecular flexibility index (Phi) is 9.23. The lowest BCUT2D eigenvalue weighted by molar-refractivity contribution is 0.356. The number of ether oxygens (including phenoxy) is 2. The van der Waals surface area contributed by atoms with Gasteiger partial charge in [0.15, 0.2) is 19.9 Å². The Hall–Kier alpha value is -2.12. The van der Waals surface area contributed by atoms with E-state index < -0.39 is 8.38 Å². The summed E-state index contributed by atoms with van der Waals surface area (Å²) in [4.78, 5) is 26.6. The fourth-order valence-corrected chi connectivity index (χ4v) is 3.84. The fourth-order valence-electron chi connectivity index (χ4n) is 2.32. The van der Waals surface area contributed by atoms with Gasteiger partial charge >= 0.3 is 0 Å². The molecule has 3 rings (SSSR count). The Bertz CT molecular complexity index is 868. The van der Waals surface area contributed by atoms with E-state index in [1.54, 1.807) is 38.1 Å². The van der Waals surface area contributed by atoms with Crippen LogP contribution < -0.4 is 15.2 Å². The van der Waals surface area contributed by atoms with Crippen LogP contribution in [0, 0.1) is 0 Å². The molecule has 2 aromatic carbocycles. The van der Waals surface area contributed by atoms with Crippen molar-refractivity contribution in [1.29, 1.82) is 0 Å². The molecule has 0 atom stereocenters. The average molecular weight is 421 g/mol. The standard InChI is InChI=1S/C10H11N3O2.C9H13O2PS/c1-14-8-3-6-7(4-9(8)15-2)12-5-13-10(6)11;10-12(11)7-4-8-13-9-5-2-1-3-6-9/h3-5H,1-2H3,(H2,11,12,13);1-3,5-6,10-11H,4,7-8H2. The van der Waals surface area contributed by atoms with Gasteiger partial charge in [-0.25, -0.2) is 9.97 Å². The van der Waals surface area contributed by atoms with Crippen molar-refractivity contribution in [2.24, 2.45) is 0 Å². The zero-order valence-corrected chi connectivity index (χ0v) is 17.5. The number of thioether (sulfide) groups is 1. The Morgan fingerprint density at radius 3 is 2.36 bits per heavy atom. The smallest absolute Gasteiger partial charge is 0.164 e. The maximum atomic E-state index is 8.66. The second-order valence-electron chi connectivity index (χ2n) is 5.59. The number of anilines is 1. The molecule has 28 heavy (non-hydrogen) atoms. The minimum absolute atomic E-state index is 0.431. The maximum absolute atomic E-state index is 8.66. The van der Waals surface area contributed by atoms with Crippen molar-refractivity contribution in [2.45, 2.75) is 11.3 Å². The summed E-state index contributed by atoms with van der Waals surface area (Å²) in [5.74, 6) is 2.62. The van der Waals surface area contributed by atoms with E-state index in [9.17, 15) is 0 Å². The molecule has 3 aromatic rings. The SMILES string of the molecule is COc1cc2ncnc(N)c2cc1OC.OP(O)CCCSc1ccccc1. The molecule has 0 unspecified atom stereocenters. The molecule has 0 spiro atoms. The number of rotatable bonds is 7. The first kappa shape index (κ1) is 22.2. The molecule has 0 saturated carbocycles. The summed E-state index contributed by atoms with van der Waals surface area (Å²) in [5.41, 5.74) is 6.46. The number of methoxy groups -OCH3 is 2. The minimum Gasteiger partial charge on any atom is -0.493 e. The van der Waals surface area contributed by atoms with Crippen LogP contribution in [0.1, 0.15) is 6.42 Å². The van der Waals surface area contributed by atoms with Crippen LogP contribution in [0.3, 0.4) is 0 Å². The van der Waals surface area contributed by atoms with Crippen molar-refractivity contribution in [1.82, 2.24) is 9.97 Å². The number of nitrogen functional groups attached to an aromatic ring is 1. The van der Waals surface area contributed by atoms with E-state index in [1.165, 1.54) is 11.2 Å². The second-order valence-corrected chi connectivity index (χ2v) is 7.95. The third kappa shape index (κ3) is 6.80. The molecule has 9 heteroatoms. The number of nitrogens with zero attached hydrogens (tertiary/aromatic N) is 2. The number of fused-ring (bicyclic) bond motifs is 1. The second kappa shape index (κ2) is 11.7. The molecule has 0 aliphatic carbocycles. The normalized spacial score (nSPS) is 10.5. The number of hydrogen-bond acceptors (Lipinski definition) is 8. The third-order valence-electron chi connectivity index (χ3n) is 3.69. The van der Waals surface area contributed by atoms with Gasteiger partial charge in [0.05, 0.1) is 19.7 Å². The van der Waals surface area contributed by atoms with Crippen LogP contribution in [0.5, 0.6) is 11.5 Å². The van der Waals surface area contributed by atoms with E-state index in [4.69, 9.17) is 25.0 Å². The van der Waals surface area contributed by atoms with Crippen molar-refractivity contribution in [3.05, 3.63) is 48.8 Å². The summed E-state index contributed by atoms with van der Waals surface area (Å²) in [6, 6.07) is 13.7. The van der Waals surface area contributed by atoms with Gasteiger partial charge in [-0.2, -0.15) is 0 Å². The third-order valence-corrected chi connectivity index (χ3v) is 5.50. The van der Waals surface area contributed by atoms with Crippen molar-refractivity contribution >= 4 is 36.9 Å². The van der Waals surface area contributed by atoms with Crippen LogP contribution in [0.25, 0.3) is 10.9 Å². The molecule has 4 N–H and O–H groups in total. The van der Waals surface area contributed by atoms with Gasteiger partial charge in [0.25, 0.3) is 0 Å². The van der Waals surface area contributed by atoms with Gasteiger partial charge in [-0.3, -0.25) is 0 Å². The maximum Gasteiger partial charge on any atom is 0.164 e. The zero-order valence-electron chi connectivity index (χ0n) is 15.8. The van der Waals surface area contributed by atoms with Crippen LogP contribution in [0.15, 0.2) is 53.7 Å². The first-order valence-corrected chi connectivity index (χ1v) is 10.9. The molecule has 0 aliphatic heterocycles. The molecular formula is C19H24N3O4PS. The number of hydrogen-bond donors (Lipinski definition) is 3. The highest BCUT2D eigenvalue weighted by Gasteiger charge is 2.08. The van der Waals surface area contributed by atoms with E-state index in [2.05, 4.69) is 22.1 Å². The molecule has 0 bridgehead atoms. The van der Waals surface area contributed by atoms with Gasteiger partial charge in [-0.1, -0.05) is 18.2 Å². The van der Waals surface area contributed by atoms with E-state index in [0.717, 1.165) is 23.1 Å². The largest absolute Gasteiger partial charge is 0.493 e. The summed E-state index contributed by atoms with van der Waals surface area (Å²) in [7, 11) is 1.46. The Labute approximate surface area is 169 Å². The molecule has 0 aliphatic rings. The first-order chi connectivity index (χ1) is 13.5. The van der Waals surface area contributed by atoms with Crippen molar-refractivity contribution in [2.75, 3.05) is 31.9 Å². The predicted octanol–water partition coefficient (Wildman–Crippen LogP) is 3.69. The highest BCUT2D eigenvalue weighted by Crippen LogP contribution is 2.32. The van der Waals surface area contributed by atoms with Crippen molar-refractivity contribution in [3.8, 4) is 11.5 Å². The highest BCUT2D eigenvalue weighted by atomic mass is 32.2. The predicted molar refractivity (Wildman–Crippen MR) is 115 cm³/mol. The molecule has 0 fully saturated rings. The van der Waals surface area contributed by atoms with Gasteiger partial charge in [0.1, 0.15) is 12.1 Å². The van der Waals surface area contributed by atoms with Crippen LogP contribution in [0.4, 0.5) is 5.82 Å². The summed E-state index contributed by atoms with van der Waals surface area (Å²) in [6.07, 6.45) is 2.80. The Balaban J connectivity index is 0.000000203. The lowest BCUT2D eigenvalue weighted by Gasteiger charge is -2.08. The van der Waals surface area contributed by atoms with Gasteiger partial charge < -0.3 is 25.0 Å². The van der Waals surface area contributed by atoms with E-state index in [1.807, 2.05) is 18.2 Å². The monoisotopic (exact) mass is 421 g/mol. The summed E-state index contributed by atoms with van der Waals surface area (Å²) in [5, 5.41) is 0.759. The molecular weight excluding hydrogens is 397 g/mol. The minimum atomic E-state index is -1.69. The number of nitrogens with two attached hydrogens (primary N) is 1. The molecule has 0 amide bonds.